The maximum atomic E-state index is 13.2. The second kappa shape index (κ2) is 6.17. The van der Waals surface area contributed by atoms with Crippen LogP contribution in [0.5, 0.6) is 0 Å². The third kappa shape index (κ3) is 3.94. The van der Waals surface area contributed by atoms with Crippen molar-refractivity contribution < 1.29 is 13.6 Å². The van der Waals surface area contributed by atoms with E-state index in [9.17, 15) is 13.6 Å². The fourth-order valence-corrected chi connectivity index (χ4v) is 1.24. The molecule has 0 unspecified atom stereocenters. The third-order valence-corrected chi connectivity index (χ3v) is 2.06. The number of carbonyl (C=O) groups excluding carboxylic acids is 1. The van der Waals surface area contributed by atoms with Gasteiger partial charge in [-0.05, 0) is 25.2 Å². The molecule has 16 heavy (non-hydrogen) atoms. The van der Waals surface area contributed by atoms with E-state index in [1.807, 2.05) is 0 Å². The fraction of sp³-hybridized carbons (Fsp3) is 0.364. The minimum Gasteiger partial charge on any atom is -0.355 e. The van der Waals surface area contributed by atoms with Crippen molar-refractivity contribution in [2.24, 2.45) is 0 Å². The summed E-state index contributed by atoms with van der Waals surface area (Å²) in [5, 5.41) is 5.45. The lowest BCUT2D eigenvalue weighted by Crippen LogP contribution is -2.31. The summed E-state index contributed by atoms with van der Waals surface area (Å²) in [6, 6.07) is 3.08. The van der Waals surface area contributed by atoms with Gasteiger partial charge >= 0.3 is 0 Å². The minimum absolute atomic E-state index is 0.0713. The molecule has 0 atom stereocenters. The molecule has 0 aliphatic carbocycles. The number of hydrogen-bond donors (Lipinski definition) is 2. The van der Waals surface area contributed by atoms with E-state index >= 15 is 0 Å². The van der Waals surface area contributed by atoms with Crippen LogP contribution in [0.2, 0.25) is 0 Å². The van der Waals surface area contributed by atoms with Crippen LogP contribution in [0, 0.1) is 11.6 Å². The first-order chi connectivity index (χ1) is 7.63. The predicted molar refractivity (Wildman–Crippen MR) is 57.0 cm³/mol. The number of halogens is 2. The van der Waals surface area contributed by atoms with E-state index < -0.39 is 11.6 Å². The van der Waals surface area contributed by atoms with Crippen LogP contribution in [0.1, 0.15) is 5.56 Å². The molecule has 1 rings (SSSR count). The molecule has 0 saturated carbocycles. The Hall–Kier alpha value is -1.49. The molecule has 0 aliphatic heterocycles. The highest BCUT2D eigenvalue weighted by Crippen LogP contribution is 2.09. The van der Waals surface area contributed by atoms with Gasteiger partial charge in [0.1, 0.15) is 11.6 Å². The Labute approximate surface area is 92.8 Å². The average Bonchev–Trinajstić information content (AvgIpc) is 2.24. The smallest absolute Gasteiger partial charge is 0.224 e. The Morgan fingerprint density at radius 2 is 2.06 bits per heavy atom. The fourth-order valence-electron chi connectivity index (χ4n) is 1.24. The monoisotopic (exact) mass is 228 g/mol. The van der Waals surface area contributed by atoms with Crippen LogP contribution in [0.15, 0.2) is 18.2 Å². The van der Waals surface area contributed by atoms with Crippen LogP contribution in [0.4, 0.5) is 8.78 Å². The van der Waals surface area contributed by atoms with Gasteiger partial charge in [0.05, 0.1) is 6.42 Å². The number of hydrogen-bond acceptors (Lipinski definition) is 2. The molecule has 0 heterocycles. The molecule has 2 N–H and O–H groups in total. The number of nitrogens with one attached hydrogen (secondary N) is 2. The average molecular weight is 228 g/mol. The standard InChI is InChI=1S/C11H14F2N2O/c1-14-4-5-15-11(16)7-8-6-9(12)2-3-10(8)13/h2-3,6,14H,4-5,7H2,1H3,(H,15,16). The number of likely N-dealkylation sites (N-methyl/N-ethyl adjacent to an activating group) is 1. The first kappa shape index (κ1) is 12.6. The molecule has 3 nitrogen and oxygen atoms in total. The van der Waals surface area contributed by atoms with E-state index in [4.69, 9.17) is 0 Å². The topological polar surface area (TPSA) is 41.1 Å². The lowest BCUT2D eigenvalue weighted by Gasteiger charge is -2.05. The molecule has 1 aromatic rings. The van der Waals surface area contributed by atoms with Crippen molar-refractivity contribution in [1.82, 2.24) is 10.6 Å². The van der Waals surface area contributed by atoms with Crippen molar-refractivity contribution in [3.8, 4) is 0 Å². The van der Waals surface area contributed by atoms with Gasteiger partial charge in [-0.1, -0.05) is 0 Å². The van der Waals surface area contributed by atoms with Gasteiger partial charge in [0, 0.05) is 18.7 Å². The predicted octanol–water partition coefficient (Wildman–Crippen LogP) is 0.843. The van der Waals surface area contributed by atoms with Gasteiger partial charge in [-0.15, -0.1) is 0 Å². The van der Waals surface area contributed by atoms with Gasteiger partial charge in [0.25, 0.3) is 0 Å². The van der Waals surface area contributed by atoms with Gasteiger partial charge in [0.2, 0.25) is 5.91 Å². The first-order valence-electron chi connectivity index (χ1n) is 4.98. The Bertz CT molecular complexity index is 369. The summed E-state index contributed by atoms with van der Waals surface area (Å²) in [5.74, 6) is -1.43. The van der Waals surface area contributed by atoms with Gasteiger partial charge in [-0.3, -0.25) is 4.79 Å². The maximum absolute atomic E-state index is 13.2. The Balaban J connectivity index is 2.52. The summed E-state index contributed by atoms with van der Waals surface area (Å²) in [6.07, 6.45) is -0.146. The lowest BCUT2D eigenvalue weighted by molar-refractivity contribution is -0.120. The van der Waals surface area contributed by atoms with E-state index in [0.717, 1.165) is 18.2 Å². The molecule has 0 aromatic heterocycles. The van der Waals surface area contributed by atoms with E-state index in [1.54, 1.807) is 7.05 Å². The summed E-state index contributed by atoms with van der Waals surface area (Å²) in [5.41, 5.74) is 0.0713. The van der Waals surface area contributed by atoms with Gasteiger partial charge in [0.15, 0.2) is 0 Å². The van der Waals surface area contributed by atoms with Crippen LogP contribution < -0.4 is 10.6 Å². The second-order valence-corrected chi connectivity index (χ2v) is 3.37. The van der Waals surface area contributed by atoms with Crippen molar-refractivity contribution in [1.29, 1.82) is 0 Å². The number of benzene rings is 1. The lowest BCUT2D eigenvalue weighted by atomic mass is 10.1. The molecule has 0 spiro atoms. The number of carbonyl (C=O) groups is 1. The Kier molecular flexibility index (Phi) is 4.85. The third-order valence-electron chi connectivity index (χ3n) is 2.06. The summed E-state index contributed by atoms with van der Waals surface area (Å²) < 4.78 is 26.0. The van der Waals surface area contributed by atoms with E-state index in [2.05, 4.69) is 10.6 Å². The normalized spacial score (nSPS) is 10.2. The second-order valence-electron chi connectivity index (χ2n) is 3.37. The molecule has 1 amide bonds. The van der Waals surface area contributed by atoms with Crippen LogP contribution >= 0.6 is 0 Å². The SMILES string of the molecule is CNCCNC(=O)Cc1cc(F)ccc1F. The number of amides is 1. The van der Waals surface area contributed by atoms with Crippen molar-refractivity contribution >= 4 is 5.91 Å². The highest BCUT2D eigenvalue weighted by Gasteiger charge is 2.08. The highest BCUT2D eigenvalue weighted by molar-refractivity contribution is 5.78. The van der Waals surface area contributed by atoms with E-state index in [1.165, 1.54) is 0 Å². The molecule has 88 valence electrons. The quantitative estimate of drug-likeness (QED) is 0.733. The molecule has 0 bridgehead atoms. The molecule has 0 radical (unpaired) electrons. The highest BCUT2D eigenvalue weighted by atomic mass is 19.1. The maximum Gasteiger partial charge on any atom is 0.224 e. The zero-order valence-electron chi connectivity index (χ0n) is 9.02. The van der Waals surface area contributed by atoms with E-state index in [-0.39, 0.29) is 17.9 Å². The molecule has 5 heteroatoms. The molecule has 0 fully saturated rings. The molecule has 1 aromatic carbocycles. The number of rotatable bonds is 5. The van der Waals surface area contributed by atoms with Gasteiger partial charge < -0.3 is 10.6 Å². The van der Waals surface area contributed by atoms with Gasteiger partial charge in [-0.25, -0.2) is 8.78 Å². The van der Waals surface area contributed by atoms with Crippen LogP contribution in [0.3, 0.4) is 0 Å². The molecule has 0 saturated heterocycles. The zero-order valence-corrected chi connectivity index (χ0v) is 9.02. The molecule has 0 aliphatic rings. The Morgan fingerprint density at radius 3 is 2.75 bits per heavy atom. The van der Waals surface area contributed by atoms with Crippen LogP contribution in [-0.2, 0) is 11.2 Å². The first-order valence-corrected chi connectivity index (χ1v) is 4.98. The van der Waals surface area contributed by atoms with Crippen molar-refractivity contribution in [3.63, 3.8) is 0 Å². The summed E-state index contributed by atoms with van der Waals surface area (Å²) >= 11 is 0. The van der Waals surface area contributed by atoms with E-state index in [0.29, 0.717) is 13.1 Å². The molecular weight excluding hydrogens is 214 g/mol. The molecular formula is C11H14F2N2O. The largest absolute Gasteiger partial charge is 0.355 e. The minimum atomic E-state index is -0.565. The summed E-state index contributed by atoms with van der Waals surface area (Å²) in [4.78, 5) is 11.3. The van der Waals surface area contributed by atoms with Crippen LogP contribution in [-0.4, -0.2) is 26.0 Å². The van der Waals surface area contributed by atoms with Crippen molar-refractivity contribution in [3.05, 3.63) is 35.4 Å². The van der Waals surface area contributed by atoms with Crippen LogP contribution in [0.25, 0.3) is 0 Å². The summed E-state index contributed by atoms with van der Waals surface area (Å²) in [6.45, 7) is 1.10. The summed E-state index contributed by atoms with van der Waals surface area (Å²) in [7, 11) is 1.76. The zero-order chi connectivity index (χ0) is 12.0. The van der Waals surface area contributed by atoms with Crippen molar-refractivity contribution in [2.75, 3.05) is 20.1 Å². The Morgan fingerprint density at radius 1 is 1.31 bits per heavy atom. The van der Waals surface area contributed by atoms with Gasteiger partial charge in [-0.2, -0.15) is 0 Å². The van der Waals surface area contributed by atoms with Crippen molar-refractivity contribution in [2.45, 2.75) is 6.42 Å².